The van der Waals surface area contributed by atoms with Crippen LogP contribution in [-0.4, -0.2) is 60.7 Å². The third kappa shape index (κ3) is 7.75. The van der Waals surface area contributed by atoms with Crippen molar-refractivity contribution < 1.29 is 0 Å². The molecule has 0 bridgehead atoms. The summed E-state index contributed by atoms with van der Waals surface area (Å²) < 4.78 is 2.09. The van der Waals surface area contributed by atoms with Gasteiger partial charge in [-0.05, 0) is 140 Å². The molecular weight excluding hydrogens is 599 g/mol. The van der Waals surface area contributed by atoms with E-state index in [1.807, 2.05) is 6.20 Å². The molecule has 0 saturated carbocycles. The first kappa shape index (κ1) is 36.3. The minimum atomic E-state index is 0.0431. The van der Waals surface area contributed by atoms with Gasteiger partial charge in [-0.1, -0.05) is 68.4 Å². The number of piperidine rings is 2. The number of aryl methyl sites for hydroxylation is 1. The van der Waals surface area contributed by atoms with Crippen molar-refractivity contribution in [1.29, 1.82) is 0 Å². The van der Waals surface area contributed by atoms with Crippen LogP contribution in [0.3, 0.4) is 0 Å². The number of hydrogen-bond donors (Lipinski definition) is 0. The molecule has 0 spiro atoms. The molecule has 3 aliphatic heterocycles. The Kier molecular flexibility index (Phi) is 10.6. The van der Waals surface area contributed by atoms with Crippen LogP contribution in [0.25, 0.3) is 0 Å². The van der Waals surface area contributed by atoms with E-state index in [1.165, 1.54) is 68.4 Å². The number of benzene rings is 2. The molecule has 3 fully saturated rings. The van der Waals surface area contributed by atoms with Crippen molar-refractivity contribution in [1.82, 2.24) is 24.5 Å². The van der Waals surface area contributed by atoms with E-state index in [9.17, 15) is 0 Å². The largest absolute Gasteiger partial charge is 0.291 e. The van der Waals surface area contributed by atoms with E-state index in [0.29, 0.717) is 35.9 Å². The van der Waals surface area contributed by atoms with Crippen LogP contribution in [0.1, 0.15) is 141 Å². The topological polar surface area (TPSA) is 27.5 Å². The Morgan fingerprint density at radius 1 is 0.714 bits per heavy atom. The van der Waals surface area contributed by atoms with E-state index < -0.39 is 0 Å². The highest BCUT2D eigenvalue weighted by Gasteiger charge is 2.46. The van der Waals surface area contributed by atoms with Gasteiger partial charge in [-0.15, -0.1) is 0 Å². The number of aromatic nitrogens is 2. The fourth-order valence-corrected chi connectivity index (χ4v) is 10.4. The van der Waals surface area contributed by atoms with Crippen LogP contribution in [0.5, 0.6) is 0 Å². The molecule has 1 unspecified atom stereocenters. The first-order valence-electron chi connectivity index (χ1n) is 19.6. The molecule has 3 aliphatic rings. The van der Waals surface area contributed by atoms with Crippen LogP contribution in [0.15, 0.2) is 66.9 Å². The lowest BCUT2D eigenvalue weighted by molar-refractivity contribution is -0.0475. The van der Waals surface area contributed by atoms with Crippen molar-refractivity contribution in [2.75, 3.05) is 19.6 Å². The zero-order valence-corrected chi connectivity index (χ0v) is 32.6. The van der Waals surface area contributed by atoms with Crippen LogP contribution in [0.2, 0.25) is 0 Å². The fraction of sp³-hybridized carbons (Fsp3) is 0.659. The molecule has 0 N–H and O–H groups in total. The minimum Gasteiger partial charge on any atom is -0.291 e. The summed E-state index contributed by atoms with van der Waals surface area (Å²) in [6, 6.07) is 24.5. The minimum absolute atomic E-state index is 0.0431. The molecule has 3 saturated heterocycles. The predicted octanol–water partition coefficient (Wildman–Crippen LogP) is 10.0. The SMILES string of the molecule is C[C@@H]1CC[C@H](c2ccccc2CC(C)(C)N2CCC[C@@H]2c2ccnn2C)N(C(C)(C)CC2C[C@H](C)CN(C(C)(C)C)[C@@H]2c2ccccc2)C1. The number of likely N-dealkylation sites (tertiary alicyclic amines) is 3. The lowest BCUT2D eigenvalue weighted by atomic mass is 9.72. The number of rotatable bonds is 9. The Labute approximate surface area is 299 Å². The standard InChI is InChI=1S/C44H67N5/c1-32-22-23-38(37-20-15-14-19-35(37)28-43(6,7)47-26-16-21-40(47)39-24-25-45-46(39)10)48(30-32)44(8,9)29-36-27-33(2)31-49(42(3,4)5)41(36)34-17-12-11-13-18-34/h11-15,17-20,24-25,32-33,36,38,40-41H,16,21-23,26-31H2,1-10H3/t32-,33+,36?,38-,40-,41-/m1/s1. The number of hydrogen-bond acceptors (Lipinski definition) is 4. The summed E-state index contributed by atoms with van der Waals surface area (Å²) >= 11 is 0. The predicted molar refractivity (Wildman–Crippen MR) is 206 cm³/mol. The second-order valence-corrected chi connectivity index (χ2v) is 18.6. The van der Waals surface area contributed by atoms with Gasteiger partial charge in [-0.2, -0.15) is 5.10 Å². The van der Waals surface area contributed by atoms with Crippen molar-refractivity contribution in [3.8, 4) is 0 Å². The maximum Gasteiger partial charge on any atom is 0.0552 e. The zero-order chi connectivity index (χ0) is 35.1. The lowest BCUT2D eigenvalue weighted by Gasteiger charge is -2.55. The Balaban J connectivity index is 1.30. The Morgan fingerprint density at radius 3 is 2.10 bits per heavy atom. The molecule has 0 amide bonds. The van der Waals surface area contributed by atoms with E-state index in [1.54, 1.807) is 5.56 Å². The molecule has 4 heterocycles. The van der Waals surface area contributed by atoms with Gasteiger partial charge in [0.05, 0.1) is 11.7 Å². The summed E-state index contributed by atoms with van der Waals surface area (Å²) in [6.45, 7) is 25.9. The second kappa shape index (κ2) is 14.3. The highest BCUT2D eigenvalue weighted by Crippen LogP contribution is 2.49. The zero-order valence-electron chi connectivity index (χ0n) is 32.6. The molecule has 49 heavy (non-hydrogen) atoms. The maximum absolute atomic E-state index is 4.54. The third-order valence-electron chi connectivity index (χ3n) is 12.6. The highest BCUT2D eigenvalue weighted by atomic mass is 15.3. The molecule has 268 valence electrons. The normalized spacial score (nSPS) is 28.3. The average Bonchev–Trinajstić information content (AvgIpc) is 3.70. The molecule has 2 aromatic carbocycles. The summed E-state index contributed by atoms with van der Waals surface area (Å²) in [4.78, 5) is 8.58. The number of nitrogens with zero attached hydrogens (tertiary/aromatic N) is 5. The first-order valence-corrected chi connectivity index (χ1v) is 19.6. The fourth-order valence-electron chi connectivity index (χ4n) is 10.4. The molecule has 0 aliphatic carbocycles. The van der Waals surface area contributed by atoms with Crippen LogP contribution >= 0.6 is 0 Å². The summed E-state index contributed by atoms with van der Waals surface area (Å²) in [6.07, 6.45) is 10.5. The summed E-state index contributed by atoms with van der Waals surface area (Å²) in [5, 5.41) is 4.54. The smallest absolute Gasteiger partial charge is 0.0552 e. The Hall–Kier alpha value is -2.47. The van der Waals surface area contributed by atoms with E-state index in [2.05, 4.69) is 155 Å². The van der Waals surface area contributed by atoms with Gasteiger partial charge in [0.1, 0.15) is 0 Å². The average molecular weight is 666 g/mol. The summed E-state index contributed by atoms with van der Waals surface area (Å²) in [7, 11) is 2.10. The van der Waals surface area contributed by atoms with Crippen molar-refractivity contribution in [3.05, 3.63) is 89.2 Å². The van der Waals surface area contributed by atoms with Crippen molar-refractivity contribution in [2.45, 2.75) is 142 Å². The molecule has 6 atom stereocenters. The van der Waals surface area contributed by atoms with Gasteiger partial charge in [0.2, 0.25) is 0 Å². The van der Waals surface area contributed by atoms with Gasteiger partial charge in [0.15, 0.2) is 0 Å². The molecule has 5 heteroatoms. The first-order chi connectivity index (χ1) is 23.2. The van der Waals surface area contributed by atoms with Crippen molar-refractivity contribution in [2.24, 2.45) is 24.8 Å². The van der Waals surface area contributed by atoms with Crippen LogP contribution in [0, 0.1) is 17.8 Å². The monoisotopic (exact) mass is 666 g/mol. The van der Waals surface area contributed by atoms with Crippen molar-refractivity contribution >= 4 is 0 Å². The van der Waals surface area contributed by atoms with Gasteiger partial charge in [0, 0.05) is 55.0 Å². The Morgan fingerprint density at radius 2 is 1.41 bits per heavy atom. The molecule has 5 nitrogen and oxygen atoms in total. The van der Waals surface area contributed by atoms with Crippen molar-refractivity contribution in [3.63, 3.8) is 0 Å². The Bertz CT molecular complexity index is 1520. The molecular formula is C44H67N5. The van der Waals surface area contributed by atoms with E-state index in [-0.39, 0.29) is 16.6 Å². The highest BCUT2D eigenvalue weighted by molar-refractivity contribution is 5.33. The summed E-state index contributed by atoms with van der Waals surface area (Å²) in [5.74, 6) is 2.01. The van der Waals surface area contributed by atoms with E-state index >= 15 is 0 Å². The molecule has 0 radical (unpaired) electrons. The van der Waals surface area contributed by atoms with Gasteiger partial charge >= 0.3 is 0 Å². The quantitative estimate of drug-likeness (QED) is 0.227. The third-order valence-corrected chi connectivity index (χ3v) is 12.6. The van der Waals surface area contributed by atoms with Gasteiger partial charge < -0.3 is 0 Å². The van der Waals surface area contributed by atoms with E-state index in [0.717, 1.165) is 13.0 Å². The van der Waals surface area contributed by atoms with Crippen LogP contribution in [0.4, 0.5) is 0 Å². The lowest BCUT2D eigenvalue weighted by Crippen LogP contribution is -2.55. The van der Waals surface area contributed by atoms with Gasteiger partial charge in [0.25, 0.3) is 0 Å². The molecule has 1 aromatic heterocycles. The summed E-state index contributed by atoms with van der Waals surface area (Å²) in [5.41, 5.74) is 6.19. The van der Waals surface area contributed by atoms with Crippen LogP contribution in [-0.2, 0) is 13.5 Å². The van der Waals surface area contributed by atoms with Gasteiger partial charge in [-0.3, -0.25) is 19.4 Å². The molecule has 6 rings (SSSR count). The van der Waals surface area contributed by atoms with Gasteiger partial charge in [-0.25, -0.2) is 0 Å². The van der Waals surface area contributed by atoms with E-state index in [4.69, 9.17) is 0 Å². The molecule has 3 aromatic rings. The van der Waals surface area contributed by atoms with Crippen LogP contribution < -0.4 is 0 Å². The maximum atomic E-state index is 4.54. The second-order valence-electron chi connectivity index (χ2n) is 18.6.